The number of fused-ring (bicyclic) bond motifs is 1. The maximum absolute atomic E-state index is 4.88. The fourth-order valence-corrected chi connectivity index (χ4v) is 3.14. The molecule has 3 nitrogen and oxygen atoms in total. The van der Waals surface area contributed by atoms with Gasteiger partial charge in [0.05, 0.1) is 5.69 Å². The summed E-state index contributed by atoms with van der Waals surface area (Å²) in [6.07, 6.45) is 7.38. The van der Waals surface area contributed by atoms with E-state index in [1.165, 1.54) is 56.8 Å². The Hall–Kier alpha value is -0.830. The lowest BCUT2D eigenvalue weighted by molar-refractivity contribution is 0.253. The number of rotatable bonds is 1. The number of aromatic nitrogens is 2. The molecule has 3 heterocycles. The third-order valence-corrected chi connectivity index (χ3v) is 4.38. The summed E-state index contributed by atoms with van der Waals surface area (Å²) in [6.45, 7) is 5.97. The summed E-state index contributed by atoms with van der Waals surface area (Å²) in [7, 11) is 2.22. The van der Waals surface area contributed by atoms with Crippen molar-refractivity contribution in [1.29, 1.82) is 0 Å². The number of piperidine rings is 1. The molecule has 0 spiro atoms. The Labute approximate surface area is 104 Å². The summed E-state index contributed by atoms with van der Waals surface area (Å²) < 4.78 is 2.40. The summed E-state index contributed by atoms with van der Waals surface area (Å²) in [5, 5.41) is 0. The molecular formula is C14H23N3. The van der Waals surface area contributed by atoms with Crippen LogP contribution in [0.1, 0.15) is 43.6 Å². The molecule has 3 rings (SSSR count). The van der Waals surface area contributed by atoms with Gasteiger partial charge < -0.3 is 9.47 Å². The van der Waals surface area contributed by atoms with Crippen molar-refractivity contribution in [3.8, 4) is 0 Å². The van der Waals surface area contributed by atoms with Crippen LogP contribution in [0.25, 0.3) is 0 Å². The Bertz CT molecular complexity index is 388. The van der Waals surface area contributed by atoms with E-state index in [9.17, 15) is 0 Å². The van der Waals surface area contributed by atoms with E-state index >= 15 is 0 Å². The molecule has 17 heavy (non-hydrogen) atoms. The van der Waals surface area contributed by atoms with Gasteiger partial charge in [0.25, 0.3) is 0 Å². The van der Waals surface area contributed by atoms with E-state index in [1.807, 2.05) is 0 Å². The molecule has 1 saturated heterocycles. The average Bonchev–Trinajstić information content (AvgIpc) is 2.72. The van der Waals surface area contributed by atoms with Gasteiger partial charge in [-0.3, -0.25) is 0 Å². The summed E-state index contributed by atoms with van der Waals surface area (Å²) in [4.78, 5) is 7.30. The van der Waals surface area contributed by atoms with Gasteiger partial charge in [-0.05, 0) is 45.3 Å². The van der Waals surface area contributed by atoms with Gasteiger partial charge in [0.2, 0.25) is 0 Å². The van der Waals surface area contributed by atoms with Crippen molar-refractivity contribution in [2.75, 3.05) is 20.1 Å². The van der Waals surface area contributed by atoms with Gasteiger partial charge in [0.1, 0.15) is 5.82 Å². The molecule has 94 valence electrons. The van der Waals surface area contributed by atoms with Gasteiger partial charge in [-0.1, -0.05) is 6.92 Å². The summed E-state index contributed by atoms with van der Waals surface area (Å²) in [6, 6.07) is 0. The first kappa shape index (κ1) is 11.3. The van der Waals surface area contributed by atoms with E-state index in [0.29, 0.717) is 5.92 Å². The number of imidazole rings is 1. The van der Waals surface area contributed by atoms with Crippen LogP contribution in [0.4, 0.5) is 0 Å². The van der Waals surface area contributed by atoms with Crippen molar-refractivity contribution in [2.45, 2.75) is 45.1 Å². The molecule has 1 unspecified atom stereocenters. The average molecular weight is 233 g/mol. The van der Waals surface area contributed by atoms with Crippen molar-refractivity contribution >= 4 is 0 Å². The first-order valence-electron chi connectivity index (χ1n) is 6.97. The van der Waals surface area contributed by atoms with E-state index in [-0.39, 0.29) is 0 Å². The second kappa shape index (κ2) is 4.45. The van der Waals surface area contributed by atoms with Crippen LogP contribution < -0.4 is 0 Å². The minimum atomic E-state index is 0.708. The lowest BCUT2D eigenvalue weighted by Crippen LogP contribution is -2.29. The molecule has 0 aromatic carbocycles. The molecule has 1 atom stereocenters. The second-order valence-corrected chi connectivity index (χ2v) is 5.96. The minimum absolute atomic E-state index is 0.708. The number of likely N-dealkylation sites (tertiary alicyclic amines) is 1. The summed E-state index contributed by atoms with van der Waals surface area (Å²) >= 11 is 0. The highest BCUT2D eigenvalue weighted by Crippen LogP contribution is 2.29. The third kappa shape index (κ3) is 2.25. The van der Waals surface area contributed by atoms with Crippen LogP contribution in [0, 0.1) is 5.92 Å². The maximum atomic E-state index is 4.88. The van der Waals surface area contributed by atoms with Crippen molar-refractivity contribution in [3.05, 3.63) is 17.7 Å². The number of nitrogens with zero attached hydrogens (tertiary/aromatic N) is 3. The Balaban J connectivity index is 1.76. The standard InChI is InChI=1S/C14H23N3/c1-11-3-4-14-15-13(10-17(14)9-11)12-5-7-16(2)8-6-12/h10-12H,3-9H2,1-2H3. The van der Waals surface area contributed by atoms with E-state index < -0.39 is 0 Å². The zero-order valence-electron chi connectivity index (χ0n) is 11.0. The van der Waals surface area contributed by atoms with Gasteiger partial charge >= 0.3 is 0 Å². The molecule has 1 aromatic rings. The molecule has 0 aliphatic carbocycles. The highest BCUT2D eigenvalue weighted by molar-refractivity contribution is 5.12. The van der Waals surface area contributed by atoms with Crippen molar-refractivity contribution in [3.63, 3.8) is 0 Å². The topological polar surface area (TPSA) is 21.1 Å². The Morgan fingerprint density at radius 1 is 1.24 bits per heavy atom. The van der Waals surface area contributed by atoms with Crippen LogP contribution in [0.3, 0.4) is 0 Å². The van der Waals surface area contributed by atoms with Crippen LogP contribution >= 0.6 is 0 Å². The smallest absolute Gasteiger partial charge is 0.108 e. The molecule has 0 N–H and O–H groups in total. The molecule has 2 aliphatic rings. The van der Waals surface area contributed by atoms with Crippen LogP contribution in [0.2, 0.25) is 0 Å². The maximum Gasteiger partial charge on any atom is 0.108 e. The normalized spacial score (nSPS) is 27.1. The third-order valence-electron chi connectivity index (χ3n) is 4.38. The molecule has 0 radical (unpaired) electrons. The van der Waals surface area contributed by atoms with Gasteiger partial charge in [-0.15, -0.1) is 0 Å². The number of hydrogen-bond acceptors (Lipinski definition) is 2. The lowest BCUT2D eigenvalue weighted by atomic mass is 9.94. The summed E-state index contributed by atoms with van der Waals surface area (Å²) in [5.41, 5.74) is 1.36. The fraction of sp³-hybridized carbons (Fsp3) is 0.786. The summed E-state index contributed by atoms with van der Waals surface area (Å²) in [5.74, 6) is 2.86. The zero-order valence-corrected chi connectivity index (χ0v) is 11.0. The predicted octanol–water partition coefficient (Wildman–Crippen LogP) is 2.27. The molecule has 3 heteroatoms. The largest absolute Gasteiger partial charge is 0.334 e. The highest BCUT2D eigenvalue weighted by Gasteiger charge is 2.23. The quantitative estimate of drug-likeness (QED) is 0.742. The van der Waals surface area contributed by atoms with Gasteiger partial charge in [0, 0.05) is 25.1 Å². The van der Waals surface area contributed by atoms with Crippen LogP contribution in [0.5, 0.6) is 0 Å². The fourth-order valence-electron chi connectivity index (χ4n) is 3.14. The molecule has 0 bridgehead atoms. The Kier molecular flexibility index (Phi) is 2.95. The zero-order chi connectivity index (χ0) is 11.8. The molecular weight excluding hydrogens is 210 g/mol. The molecule has 1 aromatic heterocycles. The lowest BCUT2D eigenvalue weighted by Gasteiger charge is -2.27. The highest BCUT2D eigenvalue weighted by atomic mass is 15.1. The van der Waals surface area contributed by atoms with E-state index in [2.05, 4.69) is 29.6 Å². The van der Waals surface area contributed by atoms with Crippen LogP contribution in [-0.2, 0) is 13.0 Å². The first-order valence-corrected chi connectivity index (χ1v) is 6.97. The van der Waals surface area contributed by atoms with Gasteiger partial charge in [-0.2, -0.15) is 0 Å². The minimum Gasteiger partial charge on any atom is -0.334 e. The van der Waals surface area contributed by atoms with Gasteiger partial charge in [-0.25, -0.2) is 4.98 Å². The number of aryl methyl sites for hydroxylation is 1. The van der Waals surface area contributed by atoms with Crippen molar-refractivity contribution < 1.29 is 0 Å². The molecule has 1 fully saturated rings. The van der Waals surface area contributed by atoms with Crippen molar-refractivity contribution in [1.82, 2.24) is 14.5 Å². The SMILES string of the molecule is CC1CCc2nc(C3CCN(C)CC3)cn2C1. The Morgan fingerprint density at radius 3 is 2.76 bits per heavy atom. The predicted molar refractivity (Wildman–Crippen MR) is 69.2 cm³/mol. The van der Waals surface area contributed by atoms with Crippen LogP contribution in [0.15, 0.2) is 6.20 Å². The van der Waals surface area contributed by atoms with E-state index in [1.54, 1.807) is 0 Å². The Morgan fingerprint density at radius 2 is 2.00 bits per heavy atom. The van der Waals surface area contributed by atoms with E-state index in [4.69, 9.17) is 4.98 Å². The van der Waals surface area contributed by atoms with E-state index in [0.717, 1.165) is 5.92 Å². The molecule has 0 saturated carbocycles. The first-order chi connectivity index (χ1) is 8.22. The second-order valence-electron chi connectivity index (χ2n) is 5.96. The monoisotopic (exact) mass is 233 g/mol. The molecule has 2 aliphatic heterocycles. The number of hydrogen-bond donors (Lipinski definition) is 0. The van der Waals surface area contributed by atoms with Gasteiger partial charge in [0.15, 0.2) is 0 Å². The molecule has 0 amide bonds. The van der Waals surface area contributed by atoms with Crippen molar-refractivity contribution in [2.24, 2.45) is 5.92 Å². The van der Waals surface area contributed by atoms with Crippen LogP contribution in [-0.4, -0.2) is 34.6 Å².